The summed E-state index contributed by atoms with van der Waals surface area (Å²) in [6.07, 6.45) is 3.82. The molecule has 0 bridgehead atoms. The Bertz CT molecular complexity index is 721. The fourth-order valence-electron chi connectivity index (χ4n) is 2.50. The maximum absolute atomic E-state index is 5.16. The van der Waals surface area contributed by atoms with E-state index in [1.54, 1.807) is 13.3 Å². The standard InChI is InChI=1S/C17H19N3O/c1-21-12-14-5-2-4-13(8-14)9-18-10-15-11-20-17-16(15)6-3-7-19-17/h2-8,11,18H,9-10,12H2,1H3,(H,19,20). The lowest BCUT2D eigenvalue weighted by Gasteiger charge is -2.06. The van der Waals surface area contributed by atoms with Crippen LogP contribution in [0, 0.1) is 0 Å². The summed E-state index contributed by atoms with van der Waals surface area (Å²) in [5.41, 5.74) is 4.65. The molecule has 0 amide bonds. The zero-order chi connectivity index (χ0) is 14.5. The summed E-state index contributed by atoms with van der Waals surface area (Å²) < 4.78 is 5.16. The van der Waals surface area contributed by atoms with E-state index in [9.17, 15) is 0 Å². The van der Waals surface area contributed by atoms with E-state index in [1.165, 1.54) is 22.1 Å². The normalized spacial score (nSPS) is 11.1. The first-order chi connectivity index (χ1) is 10.4. The van der Waals surface area contributed by atoms with Gasteiger partial charge in [0, 0.05) is 38.0 Å². The second-order valence-corrected chi connectivity index (χ2v) is 5.07. The molecule has 21 heavy (non-hydrogen) atoms. The van der Waals surface area contributed by atoms with Crippen LogP contribution in [0.3, 0.4) is 0 Å². The van der Waals surface area contributed by atoms with Gasteiger partial charge in [0.2, 0.25) is 0 Å². The molecular weight excluding hydrogens is 262 g/mol. The van der Waals surface area contributed by atoms with E-state index in [0.717, 1.165) is 18.7 Å². The van der Waals surface area contributed by atoms with Gasteiger partial charge in [0.05, 0.1) is 6.61 Å². The molecule has 108 valence electrons. The van der Waals surface area contributed by atoms with Gasteiger partial charge in [-0.2, -0.15) is 0 Å². The molecule has 0 atom stereocenters. The summed E-state index contributed by atoms with van der Waals surface area (Å²) in [6, 6.07) is 12.5. The minimum absolute atomic E-state index is 0.655. The maximum Gasteiger partial charge on any atom is 0.137 e. The lowest BCUT2D eigenvalue weighted by Crippen LogP contribution is -2.12. The van der Waals surface area contributed by atoms with Crippen LogP contribution in [-0.2, 0) is 24.4 Å². The second-order valence-electron chi connectivity index (χ2n) is 5.07. The molecule has 4 heteroatoms. The first-order valence-electron chi connectivity index (χ1n) is 7.05. The molecule has 0 spiro atoms. The van der Waals surface area contributed by atoms with Crippen LogP contribution in [0.25, 0.3) is 11.0 Å². The lowest BCUT2D eigenvalue weighted by molar-refractivity contribution is 0.185. The summed E-state index contributed by atoms with van der Waals surface area (Å²) in [6.45, 7) is 2.31. The van der Waals surface area contributed by atoms with E-state index < -0.39 is 0 Å². The van der Waals surface area contributed by atoms with Crippen LogP contribution in [0.1, 0.15) is 16.7 Å². The van der Waals surface area contributed by atoms with Crippen molar-refractivity contribution in [3.63, 3.8) is 0 Å². The molecule has 0 fully saturated rings. The first kappa shape index (κ1) is 13.8. The summed E-state index contributed by atoms with van der Waals surface area (Å²) in [7, 11) is 1.72. The van der Waals surface area contributed by atoms with Crippen LogP contribution >= 0.6 is 0 Å². The van der Waals surface area contributed by atoms with E-state index in [1.807, 2.05) is 12.3 Å². The molecule has 0 unspecified atom stereocenters. The van der Waals surface area contributed by atoms with Crippen molar-refractivity contribution >= 4 is 11.0 Å². The van der Waals surface area contributed by atoms with Gasteiger partial charge in [-0.3, -0.25) is 0 Å². The second kappa shape index (κ2) is 6.52. The van der Waals surface area contributed by atoms with Crippen LogP contribution in [0.15, 0.2) is 48.8 Å². The van der Waals surface area contributed by atoms with Crippen LogP contribution in [0.4, 0.5) is 0 Å². The van der Waals surface area contributed by atoms with Gasteiger partial charge in [-0.1, -0.05) is 24.3 Å². The smallest absolute Gasteiger partial charge is 0.137 e. The highest BCUT2D eigenvalue weighted by Gasteiger charge is 2.03. The summed E-state index contributed by atoms with van der Waals surface area (Å²) >= 11 is 0. The Hall–Kier alpha value is -2.17. The number of aromatic nitrogens is 2. The number of pyridine rings is 1. The number of ether oxygens (including phenoxy) is 1. The minimum Gasteiger partial charge on any atom is -0.380 e. The number of methoxy groups -OCH3 is 1. The Balaban J connectivity index is 1.62. The van der Waals surface area contributed by atoms with Crippen LogP contribution in [0.2, 0.25) is 0 Å². The van der Waals surface area contributed by atoms with Crippen molar-refractivity contribution in [2.45, 2.75) is 19.7 Å². The number of nitrogens with zero attached hydrogens (tertiary/aromatic N) is 1. The van der Waals surface area contributed by atoms with Crippen LogP contribution < -0.4 is 5.32 Å². The average molecular weight is 281 g/mol. The topological polar surface area (TPSA) is 49.9 Å². The van der Waals surface area contributed by atoms with Gasteiger partial charge in [-0.05, 0) is 28.8 Å². The molecule has 2 N–H and O–H groups in total. The number of rotatable bonds is 6. The molecular formula is C17H19N3O. The molecule has 0 saturated carbocycles. The number of H-pyrrole nitrogens is 1. The Kier molecular flexibility index (Phi) is 4.28. The van der Waals surface area contributed by atoms with Crippen molar-refractivity contribution in [1.29, 1.82) is 0 Å². The van der Waals surface area contributed by atoms with E-state index in [4.69, 9.17) is 4.74 Å². The number of aromatic amines is 1. The molecule has 3 aromatic rings. The van der Waals surface area contributed by atoms with Crippen molar-refractivity contribution < 1.29 is 4.74 Å². The van der Waals surface area contributed by atoms with Crippen molar-refractivity contribution in [2.75, 3.05) is 7.11 Å². The highest BCUT2D eigenvalue weighted by molar-refractivity contribution is 5.79. The Morgan fingerprint density at radius 1 is 1.14 bits per heavy atom. The average Bonchev–Trinajstić information content (AvgIpc) is 2.92. The van der Waals surface area contributed by atoms with Crippen molar-refractivity contribution in [1.82, 2.24) is 15.3 Å². The number of hydrogen-bond donors (Lipinski definition) is 2. The number of benzene rings is 1. The molecule has 0 aliphatic carbocycles. The Morgan fingerprint density at radius 3 is 2.95 bits per heavy atom. The van der Waals surface area contributed by atoms with E-state index in [2.05, 4.69) is 45.6 Å². The van der Waals surface area contributed by atoms with Gasteiger partial charge in [0.1, 0.15) is 5.65 Å². The van der Waals surface area contributed by atoms with Crippen LogP contribution in [0.5, 0.6) is 0 Å². The number of nitrogens with one attached hydrogen (secondary N) is 2. The number of fused-ring (bicyclic) bond motifs is 1. The predicted molar refractivity (Wildman–Crippen MR) is 83.8 cm³/mol. The highest BCUT2D eigenvalue weighted by Crippen LogP contribution is 2.15. The molecule has 0 saturated heterocycles. The van der Waals surface area contributed by atoms with Gasteiger partial charge in [-0.15, -0.1) is 0 Å². The third-order valence-electron chi connectivity index (χ3n) is 3.48. The first-order valence-corrected chi connectivity index (χ1v) is 7.05. The molecule has 0 aliphatic rings. The zero-order valence-corrected chi connectivity index (χ0v) is 12.1. The predicted octanol–water partition coefficient (Wildman–Crippen LogP) is 3.00. The monoisotopic (exact) mass is 281 g/mol. The van der Waals surface area contributed by atoms with E-state index in [0.29, 0.717) is 6.61 Å². The summed E-state index contributed by atoms with van der Waals surface area (Å²) in [4.78, 5) is 7.50. The maximum atomic E-state index is 5.16. The number of hydrogen-bond acceptors (Lipinski definition) is 3. The minimum atomic E-state index is 0.655. The van der Waals surface area contributed by atoms with Crippen LogP contribution in [-0.4, -0.2) is 17.1 Å². The lowest BCUT2D eigenvalue weighted by atomic mass is 10.1. The molecule has 0 radical (unpaired) electrons. The Labute approximate surface area is 124 Å². The molecule has 2 heterocycles. The molecule has 1 aromatic carbocycles. The zero-order valence-electron chi connectivity index (χ0n) is 12.1. The summed E-state index contributed by atoms with van der Waals surface area (Å²) in [5.74, 6) is 0. The fraction of sp³-hybridized carbons (Fsp3) is 0.235. The molecule has 4 nitrogen and oxygen atoms in total. The Morgan fingerprint density at radius 2 is 2.05 bits per heavy atom. The van der Waals surface area contributed by atoms with Gasteiger partial charge in [0.15, 0.2) is 0 Å². The van der Waals surface area contributed by atoms with Gasteiger partial charge in [0.25, 0.3) is 0 Å². The van der Waals surface area contributed by atoms with Crippen molar-refractivity contribution in [3.05, 3.63) is 65.5 Å². The van der Waals surface area contributed by atoms with Crippen molar-refractivity contribution in [3.8, 4) is 0 Å². The van der Waals surface area contributed by atoms with Crippen molar-refractivity contribution in [2.24, 2.45) is 0 Å². The third-order valence-corrected chi connectivity index (χ3v) is 3.48. The SMILES string of the molecule is COCc1cccc(CNCc2c[nH]c3ncccc23)c1. The van der Waals surface area contributed by atoms with Gasteiger partial charge in [-0.25, -0.2) is 4.98 Å². The van der Waals surface area contributed by atoms with E-state index >= 15 is 0 Å². The molecule has 2 aromatic heterocycles. The van der Waals surface area contributed by atoms with Gasteiger partial charge < -0.3 is 15.0 Å². The molecule has 0 aliphatic heterocycles. The van der Waals surface area contributed by atoms with Gasteiger partial charge >= 0.3 is 0 Å². The summed E-state index contributed by atoms with van der Waals surface area (Å²) in [5, 5.41) is 4.66. The fourth-order valence-corrected chi connectivity index (χ4v) is 2.50. The highest BCUT2D eigenvalue weighted by atomic mass is 16.5. The largest absolute Gasteiger partial charge is 0.380 e. The third kappa shape index (κ3) is 3.29. The molecule has 3 rings (SSSR count). The quantitative estimate of drug-likeness (QED) is 0.730. The van der Waals surface area contributed by atoms with E-state index in [-0.39, 0.29) is 0 Å².